The molecule has 0 saturated heterocycles. The van der Waals surface area contributed by atoms with Crippen LogP contribution in [0.3, 0.4) is 0 Å². The zero-order valence-corrected chi connectivity index (χ0v) is 10.1. The summed E-state index contributed by atoms with van der Waals surface area (Å²) in [6.07, 6.45) is 0. The Bertz CT molecular complexity index is 437. The predicted molar refractivity (Wildman–Crippen MR) is 64.5 cm³/mol. The fourth-order valence-electron chi connectivity index (χ4n) is 1.73. The minimum atomic E-state index is -0.915. The van der Waals surface area contributed by atoms with E-state index in [4.69, 9.17) is 10.4 Å². The number of nitriles is 1. The van der Waals surface area contributed by atoms with E-state index in [0.29, 0.717) is 18.7 Å². The molecule has 0 radical (unpaired) electrons. The highest BCUT2D eigenvalue weighted by atomic mass is 16.4. The summed E-state index contributed by atoms with van der Waals surface area (Å²) >= 11 is 0. The smallest absolute Gasteiger partial charge is 0.336 e. The van der Waals surface area contributed by atoms with Gasteiger partial charge in [0.05, 0.1) is 17.6 Å². The summed E-state index contributed by atoms with van der Waals surface area (Å²) in [4.78, 5) is 13.0. The molecule has 0 aliphatic carbocycles. The van der Waals surface area contributed by atoms with Crippen molar-refractivity contribution in [1.82, 2.24) is 4.90 Å². The highest BCUT2D eigenvalue weighted by Gasteiger charge is 2.12. The zero-order valence-electron chi connectivity index (χ0n) is 10.1. The van der Waals surface area contributed by atoms with Crippen molar-refractivity contribution in [1.29, 1.82) is 5.26 Å². The highest BCUT2D eigenvalue weighted by molar-refractivity contribution is 5.89. The molecule has 0 heterocycles. The van der Waals surface area contributed by atoms with Gasteiger partial charge in [0.25, 0.3) is 0 Å². The van der Waals surface area contributed by atoms with E-state index >= 15 is 0 Å². The lowest BCUT2D eigenvalue weighted by Gasteiger charge is -2.18. The lowest BCUT2D eigenvalue weighted by Crippen LogP contribution is -2.24. The van der Waals surface area contributed by atoms with Crippen molar-refractivity contribution in [3.63, 3.8) is 0 Å². The van der Waals surface area contributed by atoms with Gasteiger partial charge in [0.2, 0.25) is 0 Å². The lowest BCUT2D eigenvalue weighted by molar-refractivity contribution is 0.0694. The summed E-state index contributed by atoms with van der Waals surface area (Å²) in [7, 11) is 1.88. The number of rotatable bonds is 5. The van der Waals surface area contributed by atoms with E-state index in [9.17, 15) is 4.79 Å². The largest absolute Gasteiger partial charge is 0.478 e. The number of carboxylic acids is 1. The summed E-state index contributed by atoms with van der Waals surface area (Å²) in [6.45, 7) is 3.01. The van der Waals surface area contributed by atoms with Crippen LogP contribution in [0.2, 0.25) is 0 Å². The Labute approximate surface area is 101 Å². The Morgan fingerprint density at radius 1 is 1.53 bits per heavy atom. The van der Waals surface area contributed by atoms with Crippen LogP contribution < -0.4 is 0 Å². The molecule has 17 heavy (non-hydrogen) atoms. The molecule has 0 amide bonds. The van der Waals surface area contributed by atoms with Crippen LogP contribution in [0.15, 0.2) is 24.3 Å². The molecule has 1 rings (SSSR count). The van der Waals surface area contributed by atoms with Gasteiger partial charge < -0.3 is 10.0 Å². The van der Waals surface area contributed by atoms with Crippen LogP contribution in [-0.4, -0.2) is 29.6 Å². The molecular formula is C13H16N2O2. The standard InChI is InChI=1S/C13H16N2O2/c1-10(7-14)8-15(2)9-11-5-3-4-6-12(11)13(16)17/h3-6,10H,8-9H2,1-2H3,(H,16,17). The van der Waals surface area contributed by atoms with E-state index in [0.717, 1.165) is 5.56 Å². The highest BCUT2D eigenvalue weighted by Crippen LogP contribution is 2.11. The van der Waals surface area contributed by atoms with Gasteiger partial charge in [0.1, 0.15) is 0 Å². The quantitative estimate of drug-likeness (QED) is 0.843. The van der Waals surface area contributed by atoms with Gasteiger partial charge in [0, 0.05) is 13.1 Å². The fraction of sp³-hybridized carbons (Fsp3) is 0.385. The monoisotopic (exact) mass is 232 g/mol. The van der Waals surface area contributed by atoms with E-state index in [2.05, 4.69) is 6.07 Å². The molecule has 0 bridgehead atoms. The first-order valence-corrected chi connectivity index (χ1v) is 5.44. The molecule has 0 aromatic heterocycles. The van der Waals surface area contributed by atoms with E-state index in [-0.39, 0.29) is 5.92 Å². The molecule has 0 saturated carbocycles. The summed E-state index contributed by atoms with van der Waals surface area (Å²) in [5.41, 5.74) is 1.09. The van der Waals surface area contributed by atoms with Crippen LogP contribution in [0.5, 0.6) is 0 Å². The second kappa shape index (κ2) is 6.02. The molecule has 4 nitrogen and oxygen atoms in total. The van der Waals surface area contributed by atoms with Crippen LogP contribution in [0, 0.1) is 17.2 Å². The summed E-state index contributed by atoms with van der Waals surface area (Å²) in [5.74, 6) is -0.973. The van der Waals surface area contributed by atoms with Gasteiger partial charge in [-0.3, -0.25) is 0 Å². The Kier molecular flexibility index (Phi) is 4.68. The van der Waals surface area contributed by atoms with Crippen LogP contribution in [-0.2, 0) is 6.54 Å². The lowest BCUT2D eigenvalue weighted by atomic mass is 10.1. The molecule has 1 unspecified atom stereocenters. The Hall–Kier alpha value is -1.86. The van der Waals surface area contributed by atoms with Crippen molar-refractivity contribution in [3.8, 4) is 6.07 Å². The van der Waals surface area contributed by atoms with Gasteiger partial charge >= 0.3 is 5.97 Å². The van der Waals surface area contributed by atoms with Crippen molar-refractivity contribution >= 4 is 5.97 Å². The van der Waals surface area contributed by atoms with Crippen molar-refractivity contribution in [3.05, 3.63) is 35.4 Å². The van der Waals surface area contributed by atoms with Gasteiger partial charge in [-0.15, -0.1) is 0 Å². The predicted octanol–water partition coefficient (Wildman–Crippen LogP) is 1.98. The van der Waals surface area contributed by atoms with Crippen molar-refractivity contribution < 1.29 is 9.90 Å². The minimum Gasteiger partial charge on any atom is -0.478 e. The van der Waals surface area contributed by atoms with E-state index in [1.165, 1.54) is 0 Å². The Balaban J connectivity index is 2.75. The van der Waals surface area contributed by atoms with Crippen molar-refractivity contribution in [2.75, 3.05) is 13.6 Å². The van der Waals surface area contributed by atoms with Gasteiger partial charge in [-0.05, 0) is 25.6 Å². The maximum absolute atomic E-state index is 11.0. The van der Waals surface area contributed by atoms with E-state index in [1.54, 1.807) is 18.2 Å². The van der Waals surface area contributed by atoms with Gasteiger partial charge in [-0.1, -0.05) is 18.2 Å². The number of benzene rings is 1. The van der Waals surface area contributed by atoms with Crippen molar-refractivity contribution in [2.45, 2.75) is 13.5 Å². The number of aromatic carboxylic acids is 1. The third-order valence-corrected chi connectivity index (χ3v) is 2.49. The van der Waals surface area contributed by atoms with E-state index in [1.807, 2.05) is 24.9 Å². The first-order chi connectivity index (χ1) is 8.04. The number of hydrogen-bond acceptors (Lipinski definition) is 3. The first-order valence-electron chi connectivity index (χ1n) is 5.44. The second-order valence-corrected chi connectivity index (χ2v) is 4.19. The van der Waals surface area contributed by atoms with Crippen LogP contribution in [0.4, 0.5) is 0 Å². The van der Waals surface area contributed by atoms with Crippen molar-refractivity contribution in [2.24, 2.45) is 5.92 Å². The average molecular weight is 232 g/mol. The summed E-state index contributed by atoms with van der Waals surface area (Å²) in [6, 6.07) is 9.10. The molecule has 4 heteroatoms. The normalized spacial score (nSPS) is 12.1. The fourth-order valence-corrected chi connectivity index (χ4v) is 1.73. The average Bonchev–Trinajstić information content (AvgIpc) is 2.29. The third kappa shape index (κ3) is 3.89. The maximum atomic E-state index is 11.0. The molecule has 0 aliphatic heterocycles. The van der Waals surface area contributed by atoms with E-state index < -0.39 is 5.97 Å². The van der Waals surface area contributed by atoms with Gasteiger partial charge in [-0.2, -0.15) is 5.26 Å². The zero-order chi connectivity index (χ0) is 12.8. The summed E-state index contributed by atoms with van der Waals surface area (Å²) in [5, 5.41) is 17.8. The first kappa shape index (κ1) is 13.2. The molecule has 0 spiro atoms. The molecule has 0 fully saturated rings. The van der Waals surface area contributed by atoms with Crippen LogP contribution in [0.25, 0.3) is 0 Å². The topological polar surface area (TPSA) is 64.3 Å². The molecule has 0 aliphatic rings. The Morgan fingerprint density at radius 2 is 2.18 bits per heavy atom. The molecule has 1 N–H and O–H groups in total. The number of hydrogen-bond donors (Lipinski definition) is 1. The molecular weight excluding hydrogens is 216 g/mol. The maximum Gasteiger partial charge on any atom is 0.336 e. The number of carboxylic acid groups (broad SMARTS) is 1. The molecule has 90 valence electrons. The second-order valence-electron chi connectivity index (χ2n) is 4.19. The van der Waals surface area contributed by atoms with Crippen LogP contribution in [0.1, 0.15) is 22.8 Å². The van der Waals surface area contributed by atoms with Crippen LogP contribution >= 0.6 is 0 Å². The SMILES string of the molecule is CC(C#N)CN(C)Cc1ccccc1C(=O)O. The molecule has 1 aromatic rings. The Morgan fingerprint density at radius 3 is 2.76 bits per heavy atom. The summed E-state index contributed by atoms with van der Waals surface area (Å²) < 4.78 is 0. The number of nitrogens with zero attached hydrogens (tertiary/aromatic N) is 2. The van der Waals surface area contributed by atoms with Gasteiger partial charge in [0.15, 0.2) is 0 Å². The van der Waals surface area contributed by atoms with Gasteiger partial charge in [-0.25, -0.2) is 4.79 Å². The molecule has 1 atom stereocenters. The molecule has 1 aromatic carbocycles. The third-order valence-electron chi connectivity index (χ3n) is 2.49. The number of carbonyl (C=O) groups is 1. The minimum absolute atomic E-state index is 0.0583.